The molecule has 4 aliphatic rings. The summed E-state index contributed by atoms with van der Waals surface area (Å²) in [4.78, 5) is 36.2. The van der Waals surface area contributed by atoms with Gasteiger partial charge in [-0.05, 0) is 56.8 Å². The summed E-state index contributed by atoms with van der Waals surface area (Å²) in [5, 5.41) is 0. The van der Waals surface area contributed by atoms with Gasteiger partial charge in [0.15, 0.2) is 0 Å². The molecule has 2 amide bonds. The molecule has 4 fully saturated rings. The van der Waals surface area contributed by atoms with Crippen LogP contribution in [0.4, 0.5) is 0 Å². The number of pyridine rings is 1. The lowest BCUT2D eigenvalue weighted by Crippen LogP contribution is -2.48. The van der Waals surface area contributed by atoms with Crippen molar-refractivity contribution < 1.29 is 9.59 Å². The molecule has 0 radical (unpaired) electrons. The van der Waals surface area contributed by atoms with Crippen molar-refractivity contribution in [1.29, 1.82) is 0 Å². The van der Waals surface area contributed by atoms with Gasteiger partial charge in [0.25, 0.3) is 5.91 Å². The van der Waals surface area contributed by atoms with Crippen LogP contribution < -0.4 is 0 Å². The molecule has 5 heterocycles. The van der Waals surface area contributed by atoms with Crippen molar-refractivity contribution in [2.45, 2.75) is 38.1 Å². The van der Waals surface area contributed by atoms with E-state index in [1.54, 1.807) is 12.3 Å². The summed E-state index contributed by atoms with van der Waals surface area (Å²) < 4.78 is 0. The number of likely N-dealkylation sites (tertiary alicyclic amines) is 1. The van der Waals surface area contributed by atoms with Crippen LogP contribution in [0.3, 0.4) is 0 Å². The topological polar surface area (TPSA) is 56.8 Å². The number of aromatic nitrogens is 1. The van der Waals surface area contributed by atoms with Crippen molar-refractivity contribution in [3.63, 3.8) is 0 Å². The third-order valence-corrected chi connectivity index (χ3v) is 6.05. The lowest BCUT2D eigenvalue weighted by atomic mass is 9.94. The van der Waals surface area contributed by atoms with Gasteiger partial charge >= 0.3 is 0 Å². The zero-order valence-corrected chi connectivity index (χ0v) is 15.3. The Balaban J connectivity index is 1.39. The number of carbonyl (C=O) groups is 2. The van der Waals surface area contributed by atoms with Crippen LogP contribution >= 0.6 is 0 Å². The van der Waals surface area contributed by atoms with E-state index in [0.29, 0.717) is 24.6 Å². The maximum Gasteiger partial charge on any atom is 0.272 e. The van der Waals surface area contributed by atoms with Gasteiger partial charge in [0, 0.05) is 44.8 Å². The fourth-order valence-electron chi connectivity index (χ4n) is 4.61. The number of carbonyl (C=O) groups excluding carboxylic acids is 2. The van der Waals surface area contributed by atoms with Crippen molar-refractivity contribution in [1.82, 2.24) is 19.7 Å². The zero-order chi connectivity index (χ0) is 17.9. The molecule has 2 bridgehead atoms. The van der Waals surface area contributed by atoms with Gasteiger partial charge in [0.05, 0.1) is 0 Å². The molecule has 0 aliphatic carbocycles. The molecule has 4 aliphatic heterocycles. The zero-order valence-electron chi connectivity index (χ0n) is 15.3. The molecule has 140 valence electrons. The number of amides is 2. The van der Waals surface area contributed by atoms with E-state index in [1.807, 2.05) is 17.0 Å². The maximum atomic E-state index is 12.8. The first-order valence-corrected chi connectivity index (χ1v) is 9.93. The minimum Gasteiger partial charge on any atom is -0.338 e. The van der Waals surface area contributed by atoms with E-state index >= 15 is 0 Å². The molecule has 0 saturated carbocycles. The van der Waals surface area contributed by atoms with Crippen molar-refractivity contribution in [3.8, 4) is 0 Å². The van der Waals surface area contributed by atoms with Gasteiger partial charge in [-0.2, -0.15) is 0 Å². The van der Waals surface area contributed by atoms with E-state index in [2.05, 4.69) is 14.8 Å². The molecular weight excluding hydrogens is 328 g/mol. The molecule has 2 atom stereocenters. The van der Waals surface area contributed by atoms with E-state index in [4.69, 9.17) is 0 Å². The summed E-state index contributed by atoms with van der Waals surface area (Å²) in [5.41, 5.74) is 0.501. The quantitative estimate of drug-likeness (QED) is 0.823. The Morgan fingerprint density at radius 3 is 2.69 bits per heavy atom. The molecular formula is C20H28N4O2. The van der Waals surface area contributed by atoms with Crippen LogP contribution in [0.5, 0.6) is 0 Å². The van der Waals surface area contributed by atoms with E-state index in [9.17, 15) is 9.59 Å². The van der Waals surface area contributed by atoms with Gasteiger partial charge in [-0.25, -0.2) is 0 Å². The van der Waals surface area contributed by atoms with E-state index in [0.717, 1.165) is 45.6 Å². The molecule has 26 heavy (non-hydrogen) atoms. The van der Waals surface area contributed by atoms with Crippen molar-refractivity contribution in [2.75, 3.05) is 39.3 Å². The van der Waals surface area contributed by atoms with Crippen LogP contribution in [0.15, 0.2) is 24.4 Å². The summed E-state index contributed by atoms with van der Waals surface area (Å²) in [7, 11) is 0. The van der Waals surface area contributed by atoms with Gasteiger partial charge in [0.2, 0.25) is 5.91 Å². The summed E-state index contributed by atoms with van der Waals surface area (Å²) in [5.74, 6) is 0.643. The summed E-state index contributed by atoms with van der Waals surface area (Å²) in [6.45, 7) is 5.32. The highest BCUT2D eigenvalue weighted by atomic mass is 16.2. The number of nitrogens with zero attached hydrogens (tertiary/aromatic N) is 4. The molecule has 5 rings (SSSR count). The average Bonchev–Trinajstić information content (AvgIpc) is 3.04. The first kappa shape index (κ1) is 17.5. The third kappa shape index (κ3) is 3.75. The largest absolute Gasteiger partial charge is 0.338 e. The van der Waals surface area contributed by atoms with Crippen LogP contribution in [0.25, 0.3) is 0 Å². The predicted octanol–water partition coefficient (Wildman–Crippen LogP) is 1.63. The monoisotopic (exact) mass is 356 g/mol. The molecule has 0 spiro atoms. The predicted molar refractivity (Wildman–Crippen MR) is 98.7 cm³/mol. The molecule has 1 aromatic heterocycles. The highest BCUT2D eigenvalue weighted by molar-refractivity contribution is 5.92. The molecule has 0 N–H and O–H groups in total. The van der Waals surface area contributed by atoms with E-state index in [-0.39, 0.29) is 17.9 Å². The van der Waals surface area contributed by atoms with Gasteiger partial charge in [0.1, 0.15) is 5.69 Å². The Kier molecular flexibility index (Phi) is 5.20. The van der Waals surface area contributed by atoms with Crippen molar-refractivity contribution in [2.24, 2.45) is 5.92 Å². The summed E-state index contributed by atoms with van der Waals surface area (Å²) >= 11 is 0. The lowest BCUT2D eigenvalue weighted by molar-refractivity contribution is -0.135. The molecule has 0 aromatic carbocycles. The van der Waals surface area contributed by atoms with Crippen molar-refractivity contribution >= 4 is 11.8 Å². The first-order chi connectivity index (χ1) is 12.7. The van der Waals surface area contributed by atoms with Crippen LogP contribution in [-0.2, 0) is 4.79 Å². The number of hydrogen-bond donors (Lipinski definition) is 0. The average molecular weight is 356 g/mol. The summed E-state index contributed by atoms with van der Waals surface area (Å²) in [6, 6.07) is 5.60. The number of hydrogen-bond acceptors (Lipinski definition) is 4. The third-order valence-electron chi connectivity index (χ3n) is 6.05. The Bertz CT molecular complexity index is 644. The van der Waals surface area contributed by atoms with Gasteiger partial charge in [-0.15, -0.1) is 0 Å². The SMILES string of the molecule is O=C(c1ccccn1)N1C[C@H]2CC[C@@H](C1)N(C(=O)CCN1CCCC1)C2. The van der Waals surface area contributed by atoms with Crippen LogP contribution in [0, 0.1) is 5.92 Å². The highest BCUT2D eigenvalue weighted by Crippen LogP contribution is 2.29. The van der Waals surface area contributed by atoms with Gasteiger partial charge in [-0.3, -0.25) is 14.6 Å². The minimum atomic E-state index is -0.00568. The van der Waals surface area contributed by atoms with Crippen LogP contribution in [0.1, 0.15) is 42.6 Å². The Morgan fingerprint density at radius 2 is 1.92 bits per heavy atom. The Labute approximate surface area is 155 Å². The number of rotatable bonds is 4. The second-order valence-corrected chi connectivity index (χ2v) is 7.87. The second kappa shape index (κ2) is 7.74. The molecule has 0 unspecified atom stereocenters. The summed E-state index contributed by atoms with van der Waals surface area (Å²) in [6.07, 6.45) is 6.89. The van der Waals surface area contributed by atoms with Crippen LogP contribution in [0.2, 0.25) is 0 Å². The maximum absolute atomic E-state index is 12.8. The van der Waals surface area contributed by atoms with Crippen molar-refractivity contribution in [3.05, 3.63) is 30.1 Å². The highest BCUT2D eigenvalue weighted by Gasteiger charge is 2.38. The molecule has 6 nitrogen and oxygen atoms in total. The van der Waals surface area contributed by atoms with E-state index < -0.39 is 0 Å². The van der Waals surface area contributed by atoms with E-state index in [1.165, 1.54) is 12.8 Å². The van der Waals surface area contributed by atoms with Crippen LogP contribution in [-0.4, -0.2) is 76.8 Å². The fourth-order valence-corrected chi connectivity index (χ4v) is 4.61. The Hall–Kier alpha value is -1.95. The molecule has 4 saturated heterocycles. The first-order valence-electron chi connectivity index (χ1n) is 9.93. The van der Waals surface area contributed by atoms with Gasteiger partial charge in [-0.1, -0.05) is 6.07 Å². The minimum absolute atomic E-state index is 0.00568. The smallest absolute Gasteiger partial charge is 0.272 e. The molecule has 6 heteroatoms. The van der Waals surface area contributed by atoms with Gasteiger partial charge < -0.3 is 14.7 Å². The fraction of sp³-hybridized carbons (Fsp3) is 0.650. The normalized spacial score (nSPS) is 26.2. The number of fused-ring (bicyclic) bond motifs is 4. The molecule has 1 aromatic rings. The number of piperidine rings is 1. The lowest BCUT2D eigenvalue weighted by Gasteiger charge is -2.36. The standard InChI is InChI=1S/C20H28N4O2/c25-19(8-12-22-10-3-4-11-22)24-14-16-6-7-17(24)15-23(13-16)20(26)18-5-1-2-9-21-18/h1-2,5,9,16-17H,3-4,6-8,10-15H2/t16-,17+/m1/s1. The second-order valence-electron chi connectivity index (χ2n) is 7.87. The Morgan fingerprint density at radius 1 is 1.08 bits per heavy atom.